The third kappa shape index (κ3) is 7.41. The fourth-order valence-electron chi connectivity index (χ4n) is 5.57. The van der Waals surface area contributed by atoms with Crippen molar-refractivity contribution in [3.8, 4) is 0 Å². The lowest BCUT2D eigenvalue weighted by molar-refractivity contribution is 0.103. The Bertz CT molecular complexity index is 2180. The highest BCUT2D eigenvalue weighted by Crippen LogP contribution is 2.32. The summed E-state index contributed by atoms with van der Waals surface area (Å²) in [5, 5.41) is 5.84. The molecule has 0 amide bonds. The molecule has 0 radical (unpaired) electrons. The van der Waals surface area contributed by atoms with Gasteiger partial charge in [0.25, 0.3) is 0 Å². The molecule has 0 bridgehead atoms. The van der Waals surface area contributed by atoms with Gasteiger partial charge in [0.1, 0.15) is 5.71 Å². The number of hydrogen-bond donors (Lipinski definition) is 0. The molecule has 0 unspecified atom stereocenters. The van der Waals surface area contributed by atoms with Crippen molar-refractivity contribution in [2.75, 3.05) is 5.75 Å². The molecule has 0 atom stereocenters. The normalized spacial score (nSPS) is 11.6. The van der Waals surface area contributed by atoms with Crippen molar-refractivity contribution >= 4 is 79.5 Å². The largest absolute Gasteiger partial charge is 0.398 e. The summed E-state index contributed by atoms with van der Waals surface area (Å²) >= 11 is 8.49. The first-order valence-corrected chi connectivity index (χ1v) is 17.6. The fraction of sp³-hybridized carbons (Fsp3) is 0.128. The molecular weight excluding hydrogens is 660 g/mol. The Morgan fingerprint density at radius 3 is 2.10 bits per heavy atom. The van der Waals surface area contributed by atoms with Crippen LogP contribution in [0.5, 0.6) is 0 Å². The maximum Gasteiger partial charge on any atom is 0.398 e. The summed E-state index contributed by atoms with van der Waals surface area (Å²) in [4.78, 5) is 47.2. The quantitative estimate of drug-likeness (QED) is 0.0443. The van der Waals surface area contributed by atoms with Crippen LogP contribution in [0.4, 0.5) is 4.79 Å². The molecule has 0 fully saturated rings. The number of carbonyl (C=O) groups excluding carboxylic acids is 3. The van der Waals surface area contributed by atoms with Crippen LogP contribution in [0, 0.1) is 6.92 Å². The smallest absolute Gasteiger partial charge is 0.341 e. The van der Waals surface area contributed by atoms with Crippen LogP contribution in [0.15, 0.2) is 130 Å². The summed E-state index contributed by atoms with van der Waals surface area (Å²) in [6.45, 7) is 4.70. The molecular formula is C39H31ClN2O4S2. The van der Waals surface area contributed by atoms with Crippen LogP contribution in [0.1, 0.15) is 45.2 Å². The van der Waals surface area contributed by atoms with Crippen molar-refractivity contribution in [2.45, 2.75) is 36.6 Å². The van der Waals surface area contributed by atoms with Crippen LogP contribution in [-0.2, 0) is 11.4 Å². The number of aromatic nitrogens is 1. The van der Waals surface area contributed by atoms with Gasteiger partial charge in [-0.1, -0.05) is 59.2 Å². The molecule has 6 aromatic rings. The molecule has 0 aliphatic carbocycles. The van der Waals surface area contributed by atoms with E-state index in [-0.39, 0.29) is 23.7 Å². The Balaban J connectivity index is 1.33. The van der Waals surface area contributed by atoms with Gasteiger partial charge < -0.3 is 9.40 Å². The summed E-state index contributed by atoms with van der Waals surface area (Å²) in [5.41, 5.74) is 4.61. The number of hydrogen-bond acceptors (Lipinski definition) is 7. The van der Waals surface area contributed by atoms with Gasteiger partial charge in [-0.3, -0.25) is 9.59 Å². The molecule has 0 aliphatic rings. The zero-order chi connectivity index (χ0) is 33.6. The van der Waals surface area contributed by atoms with E-state index in [9.17, 15) is 14.4 Å². The fourth-order valence-corrected chi connectivity index (χ4v) is 7.12. The van der Waals surface area contributed by atoms with E-state index in [1.54, 1.807) is 30.0 Å². The van der Waals surface area contributed by atoms with Crippen molar-refractivity contribution in [3.63, 3.8) is 0 Å². The van der Waals surface area contributed by atoms with Gasteiger partial charge in [0, 0.05) is 72.0 Å². The molecule has 0 saturated heterocycles. The van der Waals surface area contributed by atoms with Gasteiger partial charge in [0.2, 0.25) is 5.78 Å². The highest BCUT2D eigenvalue weighted by molar-refractivity contribution is 8.13. The van der Waals surface area contributed by atoms with Crippen molar-refractivity contribution in [1.29, 1.82) is 0 Å². The molecule has 6 rings (SSSR count). The minimum absolute atomic E-state index is 0.0533. The van der Waals surface area contributed by atoms with Gasteiger partial charge in [0.15, 0.2) is 5.78 Å². The van der Waals surface area contributed by atoms with E-state index in [2.05, 4.69) is 16.6 Å². The zero-order valence-electron chi connectivity index (χ0n) is 26.3. The monoisotopic (exact) mass is 690 g/mol. The first-order chi connectivity index (χ1) is 23.3. The van der Waals surface area contributed by atoms with E-state index in [4.69, 9.17) is 16.4 Å². The Kier molecular flexibility index (Phi) is 10.4. The van der Waals surface area contributed by atoms with E-state index in [1.807, 2.05) is 104 Å². The molecule has 0 aliphatic heterocycles. The number of benzene rings is 5. The second kappa shape index (κ2) is 15.1. The van der Waals surface area contributed by atoms with Gasteiger partial charge in [-0.25, -0.2) is 4.79 Å². The number of halogens is 1. The summed E-state index contributed by atoms with van der Waals surface area (Å²) < 4.78 is 2.17. The second-order valence-corrected chi connectivity index (χ2v) is 13.6. The Morgan fingerprint density at radius 2 is 1.42 bits per heavy atom. The molecule has 0 N–H and O–H groups in total. The van der Waals surface area contributed by atoms with Gasteiger partial charge in [-0.15, -0.1) is 11.8 Å². The molecule has 240 valence electrons. The van der Waals surface area contributed by atoms with E-state index < -0.39 is 5.30 Å². The van der Waals surface area contributed by atoms with Crippen molar-refractivity contribution in [1.82, 2.24) is 4.57 Å². The molecule has 9 heteroatoms. The van der Waals surface area contributed by atoms with Crippen molar-refractivity contribution in [2.24, 2.45) is 5.16 Å². The van der Waals surface area contributed by atoms with Crippen LogP contribution in [0.3, 0.4) is 0 Å². The third-order valence-corrected chi connectivity index (χ3v) is 9.97. The van der Waals surface area contributed by atoms with Gasteiger partial charge in [0.05, 0.1) is 0 Å². The molecule has 0 spiro atoms. The standard InChI is InChI=1S/C39H31ClN2O4S2/c1-3-42-35-19-13-26(37(43)31-12-8-7-9-25(31)2)23-32(35)33-24-27(14-20-36(33)42)38(44)34(21-22-47-29-17-15-28(40)16-18-29)41-46-39(45)48-30-10-5-4-6-11-30/h4-20,23-24H,3,21-22H2,1-2H3/b41-34+. The Labute approximate surface area is 292 Å². The molecule has 0 saturated carbocycles. The number of aryl methyl sites for hydroxylation is 2. The average molecular weight is 691 g/mol. The molecule has 1 heterocycles. The minimum Gasteiger partial charge on any atom is -0.341 e. The Morgan fingerprint density at radius 1 is 0.771 bits per heavy atom. The number of carbonyl (C=O) groups is 3. The lowest BCUT2D eigenvalue weighted by Crippen LogP contribution is -2.16. The summed E-state index contributed by atoms with van der Waals surface area (Å²) in [7, 11) is 0. The maximum absolute atomic E-state index is 14.0. The molecule has 48 heavy (non-hydrogen) atoms. The number of rotatable bonds is 11. The highest BCUT2D eigenvalue weighted by atomic mass is 35.5. The van der Waals surface area contributed by atoms with Crippen molar-refractivity contribution < 1.29 is 19.2 Å². The molecule has 5 aromatic carbocycles. The van der Waals surface area contributed by atoms with E-state index in [0.29, 0.717) is 38.9 Å². The maximum atomic E-state index is 14.0. The summed E-state index contributed by atoms with van der Waals surface area (Å²) in [5.74, 6) is 0.134. The number of ketones is 2. The van der Waals surface area contributed by atoms with Crippen LogP contribution >= 0.6 is 35.1 Å². The van der Waals surface area contributed by atoms with Crippen LogP contribution < -0.4 is 0 Å². The van der Waals surface area contributed by atoms with E-state index in [1.165, 1.54) is 0 Å². The van der Waals surface area contributed by atoms with E-state index >= 15 is 0 Å². The van der Waals surface area contributed by atoms with Gasteiger partial charge in [-0.2, -0.15) is 0 Å². The van der Waals surface area contributed by atoms with Crippen molar-refractivity contribution in [3.05, 3.63) is 143 Å². The van der Waals surface area contributed by atoms with Crippen LogP contribution in [-0.4, -0.2) is 32.9 Å². The number of oxime groups is 1. The average Bonchev–Trinajstić information content (AvgIpc) is 3.42. The predicted molar refractivity (Wildman–Crippen MR) is 197 cm³/mol. The lowest BCUT2D eigenvalue weighted by Gasteiger charge is -2.08. The van der Waals surface area contributed by atoms with Crippen LogP contribution in [0.25, 0.3) is 21.8 Å². The first kappa shape index (κ1) is 33.3. The van der Waals surface area contributed by atoms with Gasteiger partial charge in [-0.05, 0) is 104 Å². The Hall–Kier alpha value is -4.63. The lowest BCUT2D eigenvalue weighted by atomic mass is 9.97. The molecule has 6 nitrogen and oxygen atoms in total. The number of fused-ring (bicyclic) bond motifs is 3. The summed E-state index contributed by atoms with van der Waals surface area (Å²) in [6.07, 6.45) is 0.263. The first-order valence-electron chi connectivity index (χ1n) is 15.4. The number of thioether (sulfide) groups is 2. The number of nitrogens with zero attached hydrogens (tertiary/aromatic N) is 2. The second-order valence-electron chi connectivity index (χ2n) is 11.0. The highest BCUT2D eigenvalue weighted by Gasteiger charge is 2.20. The van der Waals surface area contributed by atoms with Crippen LogP contribution in [0.2, 0.25) is 5.02 Å². The minimum atomic E-state index is -0.635. The van der Waals surface area contributed by atoms with E-state index in [0.717, 1.165) is 44.0 Å². The van der Waals surface area contributed by atoms with Gasteiger partial charge >= 0.3 is 5.30 Å². The summed E-state index contributed by atoms with van der Waals surface area (Å²) in [6, 6.07) is 35.4. The SMILES string of the molecule is CCn1c2ccc(C(=O)/C(CCSc3ccc(Cl)cc3)=N/OC(=O)Sc3ccccc3)cc2c2cc(C(=O)c3ccccc3C)ccc21. The number of Topliss-reactive ketones (excluding diaryl/α,β-unsaturated/α-hetero) is 1. The topological polar surface area (TPSA) is 77.7 Å². The zero-order valence-corrected chi connectivity index (χ0v) is 28.7. The predicted octanol–water partition coefficient (Wildman–Crippen LogP) is 10.7. The molecule has 1 aromatic heterocycles. The third-order valence-electron chi connectivity index (χ3n) is 7.95.